The summed E-state index contributed by atoms with van der Waals surface area (Å²) in [6.07, 6.45) is 0.908. The van der Waals surface area contributed by atoms with E-state index in [0.29, 0.717) is 13.0 Å². The first-order chi connectivity index (χ1) is 8.66. The van der Waals surface area contributed by atoms with Crippen molar-refractivity contribution in [1.29, 1.82) is 0 Å². The number of ketones is 1. The van der Waals surface area contributed by atoms with Gasteiger partial charge < -0.3 is 9.64 Å². The molecule has 4 heteroatoms. The highest BCUT2D eigenvalue weighted by molar-refractivity contribution is 5.85. The quantitative estimate of drug-likeness (QED) is 0.805. The molecule has 18 heavy (non-hydrogen) atoms. The monoisotopic (exact) mass is 247 g/mol. The van der Waals surface area contributed by atoms with Crippen molar-refractivity contribution in [2.24, 2.45) is 0 Å². The van der Waals surface area contributed by atoms with Crippen LogP contribution in [0.5, 0.6) is 0 Å². The van der Waals surface area contributed by atoms with Crippen LogP contribution in [0.4, 0.5) is 4.79 Å². The maximum Gasteiger partial charge on any atom is 0.410 e. The van der Waals surface area contributed by atoms with E-state index in [2.05, 4.69) is 0 Å². The number of ether oxygens (including phenoxy) is 1. The predicted octanol–water partition coefficient (Wildman–Crippen LogP) is 2.30. The van der Waals surface area contributed by atoms with Crippen molar-refractivity contribution in [3.05, 3.63) is 35.4 Å². The summed E-state index contributed by atoms with van der Waals surface area (Å²) in [5, 5.41) is 0. The average Bonchev–Trinajstić information content (AvgIpc) is 2.37. The van der Waals surface area contributed by atoms with E-state index in [9.17, 15) is 9.59 Å². The summed E-state index contributed by atoms with van der Waals surface area (Å²) in [5.41, 5.74) is 2.09. The number of likely N-dealkylation sites (tertiary alicyclic amines) is 1. The van der Waals surface area contributed by atoms with Gasteiger partial charge in [0.1, 0.15) is 6.61 Å². The second-order valence-corrected chi connectivity index (χ2v) is 4.54. The van der Waals surface area contributed by atoms with E-state index in [4.69, 9.17) is 4.74 Å². The Labute approximate surface area is 107 Å². The SMILES string of the molecule is Cc1ccccc1COC(=O)N1CCCC(=O)C1. The number of aryl methyl sites for hydroxylation is 1. The van der Waals surface area contributed by atoms with Crippen LogP contribution in [0.2, 0.25) is 0 Å². The van der Waals surface area contributed by atoms with Gasteiger partial charge in [0.05, 0.1) is 6.54 Å². The van der Waals surface area contributed by atoms with E-state index >= 15 is 0 Å². The highest BCUT2D eigenvalue weighted by Gasteiger charge is 2.22. The molecule has 0 aliphatic carbocycles. The first-order valence-corrected chi connectivity index (χ1v) is 6.15. The third-order valence-corrected chi connectivity index (χ3v) is 3.12. The minimum absolute atomic E-state index is 0.106. The molecule has 4 nitrogen and oxygen atoms in total. The van der Waals surface area contributed by atoms with Crippen LogP contribution in [0.15, 0.2) is 24.3 Å². The fourth-order valence-electron chi connectivity index (χ4n) is 2.00. The number of benzene rings is 1. The van der Waals surface area contributed by atoms with E-state index < -0.39 is 6.09 Å². The van der Waals surface area contributed by atoms with Crippen LogP contribution in [0.1, 0.15) is 24.0 Å². The van der Waals surface area contributed by atoms with Gasteiger partial charge in [-0.25, -0.2) is 4.79 Å². The second kappa shape index (κ2) is 5.67. The van der Waals surface area contributed by atoms with Crippen molar-refractivity contribution in [2.75, 3.05) is 13.1 Å². The van der Waals surface area contributed by atoms with E-state index in [1.54, 1.807) is 0 Å². The second-order valence-electron chi connectivity index (χ2n) is 4.54. The largest absolute Gasteiger partial charge is 0.445 e. The summed E-state index contributed by atoms with van der Waals surface area (Å²) in [4.78, 5) is 24.5. The Morgan fingerprint density at radius 1 is 1.39 bits per heavy atom. The van der Waals surface area contributed by atoms with Gasteiger partial charge in [-0.05, 0) is 24.5 Å². The average molecular weight is 247 g/mol. The van der Waals surface area contributed by atoms with Crippen molar-refractivity contribution >= 4 is 11.9 Å². The summed E-state index contributed by atoms with van der Waals surface area (Å²) < 4.78 is 5.23. The Bertz CT molecular complexity index is 456. The third-order valence-electron chi connectivity index (χ3n) is 3.12. The van der Waals surface area contributed by atoms with Crippen molar-refractivity contribution in [3.8, 4) is 0 Å². The lowest BCUT2D eigenvalue weighted by Gasteiger charge is -2.25. The molecule has 0 saturated carbocycles. The van der Waals surface area contributed by atoms with E-state index in [1.807, 2.05) is 31.2 Å². The van der Waals surface area contributed by atoms with Gasteiger partial charge in [-0.1, -0.05) is 24.3 Å². The van der Waals surface area contributed by atoms with E-state index in [0.717, 1.165) is 17.5 Å². The molecular formula is C14H17NO3. The van der Waals surface area contributed by atoms with Crippen LogP contribution in [-0.2, 0) is 16.1 Å². The minimum Gasteiger partial charge on any atom is -0.445 e. The molecule has 0 atom stereocenters. The molecule has 0 radical (unpaired) electrons. The van der Waals surface area contributed by atoms with Gasteiger partial charge in [0, 0.05) is 13.0 Å². The topological polar surface area (TPSA) is 46.6 Å². The fourth-order valence-corrected chi connectivity index (χ4v) is 2.00. The van der Waals surface area contributed by atoms with Crippen LogP contribution in [-0.4, -0.2) is 29.9 Å². The van der Waals surface area contributed by atoms with Gasteiger partial charge >= 0.3 is 6.09 Å². The number of amides is 1. The molecule has 1 aromatic rings. The van der Waals surface area contributed by atoms with Gasteiger partial charge in [0.2, 0.25) is 0 Å². The van der Waals surface area contributed by atoms with E-state index in [1.165, 1.54) is 4.90 Å². The van der Waals surface area contributed by atoms with Crippen molar-refractivity contribution in [2.45, 2.75) is 26.4 Å². The lowest BCUT2D eigenvalue weighted by atomic mass is 10.1. The molecule has 1 heterocycles. The van der Waals surface area contributed by atoms with Crippen LogP contribution in [0.3, 0.4) is 0 Å². The number of rotatable bonds is 2. The zero-order chi connectivity index (χ0) is 13.0. The molecule has 1 fully saturated rings. The summed E-state index contributed by atoms with van der Waals surface area (Å²) in [6, 6.07) is 7.78. The zero-order valence-corrected chi connectivity index (χ0v) is 10.5. The Morgan fingerprint density at radius 2 is 2.17 bits per heavy atom. The number of Topliss-reactive ketones (excluding diaryl/α,β-unsaturated/α-hetero) is 1. The number of nitrogens with zero attached hydrogens (tertiary/aromatic N) is 1. The number of hydrogen-bond donors (Lipinski definition) is 0. The Hall–Kier alpha value is -1.84. The molecule has 2 rings (SSSR count). The first kappa shape index (κ1) is 12.6. The lowest BCUT2D eigenvalue weighted by Crippen LogP contribution is -2.40. The number of piperidine rings is 1. The number of hydrogen-bond acceptors (Lipinski definition) is 3. The maximum atomic E-state index is 11.8. The fraction of sp³-hybridized carbons (Fsp3) is 0.429. The molecule has 0 N–H and O–H groups in total. The van der Waals surface area contributed by atoms with Gasteiger partial charge in [-0.3, -0.25) is 4.79 Å². The molecule has 0 unspecified atom stereocenters. The lowest BCUT2D eigenvalue weighted by molar-refractivity contribution is -0.121. The van der Waals surface area contributed by atoms with Crippen molar-refractivity contribution < 1.29 is 14.3 Å². The van der Waals surface area contributed by atoms with Gasteiger partial charge in [-0.15, -0.1) is 0 Å². The smallest absolute Gasteiger partial charge is 0.410 e. The van der Waals surface area contributed by atoms with Gasteiger partial charge in [0.25, 0.3) is 0 Å². The van der Waals surface area contributed by atoms with Gasteiger partial charge in [-0.2, -0.15) is 0 Å². The molecule has 1 saturated heterocycles. The van der Waals surface area contributed by atoms with Crippen LogP contribution in [0.25, 0.3) is 0 Å². The van der Waals surface area contributed by atoms with Crippen LogP contribution < -0.4 is 0 Å². The van der Waals surface area contributed by atoms with Crippen molar-refractivity contribution in [1.82, 2.24) is 4.90 Å². The molecule has 1 aromatic carbocycles. The summed E-state index contributed by atoms with van der Waals surface area (Å²) in [7, 11) is 0. The normalized spacial score (nSPS) is 15.6. The highest BCUT2D eigenvalue weighted by Crippen LogP contribution is 2.11. The Kier molecular flexibility index (Phi) is 3.97. The van der Waals surface area contributed by atoms with E-state index in [-0.39, 0.29) is 18.9 Å². The third kappa shape index (κ3) is 3.09. The zero-order valence-electron chi connectivity index (χ0n) is 10.5. The van der Waals surface area contributed by atoms with Crippen molar-refractivity contribution in [3.63, 3.8) is 0 Å². The molecule has 0 bridgehead atoms. The molecule has 0 aromatic heterocycles. The summed E-state index contributed by atoms with van der Waals surface area (Å²) in [5.74, 6) is 0.106. The molecule has 96 valence electrons. The molecule has 1 aliphatic heterocycles. The number of carbonyl (C=O) groups excluding carboxylic acids is 2. The van der Waals surface area contributed by atoms with Gasteiger partial charge in [0.15, 0.2) is 5.78 Å². The molecular weight excluding hydrogens is 230 g/mol. The molecule has 1 aliphatic rings. The molecule has 0 spiro atoms. The number of carbonyl (C=O) groups is 2. The minimum atomic E-state index is -0.397. The summed E-state index contributed by atoms with van der Waals surface area (Å²) in [6.45, 7) is 3.04. The van der Waals surface area contributed by atoms with Crippen LogP contribution in [0, 0.1) is 6.92 Å². The maximum absolute atomic E-state index is 11.8. The Morgan fingerprint density at radius 3 is 2.89 bits per heavy atom. The summed E-state index contributed by atoms with van der Waals surface area (Å²) >= 11 is 0. The first-order valence-electron chi connectivity index (χ1n) is 6.15. The Balaban J connectivity index is 1.88. The van der Waals surface area contributed by atoms with Crippen LogP contribution >= 0.6 is 0 Å². The highest BCUT2D eigenvalue weighted by atomic mass is 16.6. The standard InChI is InChI=1S/C14H17NO3/c1-11-5-2-3-6-12(11)10-18-14(17)15-8-4-7-13(16)9-15/h2-3,5-6H,4,7-10H2,1H3. The molecule has 1 amide bonds. The predicted molar refractivity (Wildman–Crippen MR) is 67.2 cm³/mol.